The van der Waals surface area contributed by atoms with E-state index in [2.05, 4.69) is 4.90 Å². The summed E-state index contributed by atoms with van der Waals surface area (Å²) >= 11 is 0. The Hall–Kier alpha value is -1.56. The molecule has 3 aliphatic rings. The molecule has 3 fully saturated rings. The summed E-state index contributed by atoms with van der Waals surface area (Å²) in [5, 5.41) is 0. The normalized spacial score (nSPS) is 34.1. The van der Waals surface area contributed by atoms with Gasteiger partial charge in [-0.15, -0.1) is 0 Å². The average molecular weight is 324 g/mol. The van der Waals surface area contributed by atoms with Gasteiger partial charge in [-0.3, -0.25) is 9.69 Å². The second-order valence-electron chi connectivity index (χ2n) is 6.94. The van der Waals surface area contributed by atoms with Crippen molar-refractivity contribution >= 4 is 5.91 Å². The molecule has 3 saturated heterocycles. The van der Waals surface area contributed by atoms with Crippen LogP contribution in [0.3, 0.4) is 0 Å². The maximum absolute atomic E-state index is 13.4. The fourth-order valence-corrected chi connectivity index (χ4v) is 5.04. The van der Waals surface area contributed by atoms with Crippen LogP contribution < -0.4 is 0 Å². The molecule has 3 heterocycles. The summed E-state index contributed by atoms with van der Waals surface area (Å²) < 4.78 is 40.1. The predicted octanol–water partition coefficient (Wildman–Crippen LogP) is 3.07. The predicted molar refractivity (Wildman–Crippen MR) is 78.6 cm³/mol. The van der Waals surface area contributed by atoms with E-state index in [0.717, 1.165) is 18.9 Å². The first kappa shape index (κ1) is 15.0. The van der Waals surface area contributed by atoms with Crippen LogP contribution in [0.25, 0.3) is 0 Å². The van der Waals surface area contributed by atoms with Crippen molar-refractivity contribution in [2.45, 2.75) is 37.0 Å². The third-order valence-corrected chi connectivity index (χ3v) is 5.87. The van der Waals surface area contributed by atoms with Crippen LogP contribution in [-0.4, -0.2) is 41.4 Å². The summed E-state index contributed by atoms with van der Waals surface area (Å²) in [5.74, 6) is 0.223. The number of amides is 1. The van der Waals surface area contributed by atoms with Gasteiger partial charge >= 0.3 is 6.18 Å². The smallest absolute Gasteiger partial charge is 0.344 e. The minimum Gasteiger partial charge on any atom is -0.344 e. The minimum absolute atomic E-state index is 0.0898. The van der Waals surface area contributed by atoms with Gasteiger partial charge in [0.05, 0.1) is 5.56 Å². The summed E-state index contributed by atoms with van der Waals surface area (Å²) in [6, 6.07) is 5.52. The van der Waals surface area contributed by atoms with Crippen molar-refractivity contribution in [1.82, 2.24) is 9.80 Å². The maximum Gasteiger partial charge on any atom is 0.416 e. The zero-order valence-electron chi connectivity index (χ0n) is 12.9. The third-order valence-electron chi connectivity index (χ3n) is 5.87. The van der Waals surface area contributed by atoms with Crippen LogP contribution in [0.5, 0.6) is 0 Å². The van der Waals surface area contributed by atoms with Gasteiger partial charge in [-0.1, -0.05) is 18.2 Å². The molecule has 6 heteroatoms. The number of alkyl halides is 3. The Morgan fingerprint density at radius 2 is 2.00 bits per heavy atom. The highest BCUT2D eigenvalue weighted by Gasteiger charge is 2.64. The van der Waals surface area contributed by atoms with Crippen LogP contribution in [0.2, 0.25) is 0 Å². The molecular weight excluding hydrogens is 305 g/mol. The first-order valence-corrected chi connectivity index (χ1v) is 8.04. The van der Waals surface area contributed by atoms with E-state index in [0.29, 0.717) is 25.1 Å². The number of likely N-dealkylation sites (N-methyl/N-ethyl adjacent to an activating group) is 1. The molecule has 4 rings (SSSR count). The van der Waals surface area contributed by atoms with E-state index in [1.54, 1.807) is 24.1 Å². The SMILES string of the molecule is CN1C[C@@H]2C[C@@H](c3ccccc3C(F)(F)F)N3CCC[C@@]23C1=O. The third kappa shape index (κ3) is 1.90. The highest BCUT2D eigenvalue weighted by molar-refractivity contribution is 5.90. The standard InChI is InChI=1S/C17H19F3N2O/c1-21-10-11-9-14(22-8-4-7-16(11,22)15(21)23)12-5-2-3-6-13(12)17(18,19)20/h2-3,5-6,11,14H,4,7-10H2,1H3/t11-,14-,16-/m0/s1. The van der Waals surface area contributed by atoms with E-state index in [-0.39, 0.29) is 17.9 Å². The van der Waals surface area contributed by atoms with Crippen molar-refractivity contribution < 1.29 is 18.0 Å². The summed E-state index contributed by atoms with van der Waals surface area (Å²) in [6.07, 6.45) is -2.09. The van der Waals surface area contributed by atoms with Crippen LogP contribution in [0.1, 0.15) is 36.4 Å². The molecule has 0 radical (unpaired) electrons. The van der Waals surface area contributed by atoms with Gasteiger partial charge in [0.25, 0.3) is 0 Å². The lowest BCUT2D eigenvalue weighted by molar-refractivity contribution is -0.139. The summed E-state index contributed by atoms with van der Waals surface area (Å²) in [4.78, 5) is 16.5. The van der Waals surface area contributed by atoms with Gasteiger partial charge in [0, 0.05) is 25.6 Å². The van der Waals surface area contributed by atoms with Gasteiger partial charge in [-0.05, 0) is 37.4 Å². The highest BCUT2D eigenvalue weighted by atomic mass is 19.4. The van der Waals surface area contributed by atoms with Gasteiger partial charge in [0.1, 0.15) is 5.54 Å². The molecule has 0 bridgehead atoms. The largest absolute Gasteiger partial charge is 0.416 e. The van der Waals surface area contributed by atoms with Crippen molar-refractivity contribution in [2.75, 3.05) is 20.1 Å². The molecule has 0 unspecified atom stereocenters. The molecule has 0 aromatic heterocycles. The van der Waals surface area contributed by atoms with Crippen molar-refractivity contribution in [3.63, 3.8) is 0 Å². The Morgan fingerprint density at radius 1 is 1.26 bits per heavy atom. The minimum atomic E-state index is -4.36. The summed E-state index contributed by atoms with van der Waals surface area (Å²) in [7, 11) is 1.80. The fourth-order valence-electron chi connectivity index (χ4n) is 5.04. The van der Waals surface area contributed by atoms with Gasteiger partial charge in [-0.2, -0.15) is 13.2 Å². The maximum atomic E-state index is 13.4. The topological polar surface area (TPSA) is 23.6 Å². The number of benzene rings is 1. The van der Waals surface area contributed by atoms with Crippen LogP contribution >= 0.6 is 0 Å². The van der Waals surface area contributed by atoms with Crippen molar-refractivity contribution in [3.8, 4) is 0 Å². The van der Waals surface area contributed by atoms with Crippen molar-refractivity contribution in [3.05, 3.63) is 35.4 Å². The van der Waals surface area contributed by atoms with Gasteiger partial charge < -0.3 is 4.90 Å². The van der Waals surface area contributed by atoms with Crippen molar-refractivity contribution in [2.24, 2.45) is 5.92 Å². The number of likely N-dealkylation sites (tertiary alicyclic amines) is 1. The van der Waals surface area contributed by atoms with Gasteiger partial charge in [0.2, 0.25) is 5.91 Å². The molecule has 23 heavy (non-hydrogen) atoms. The molecule has 3 aliphatic heterocycles. The molecule has 3 atom stereocenters. The Kier molecular flexibility index (Phi) is 3.08. The molecule has 0 aliphatic carbocycles. The number of carbonyl (C=O) groups excluding carboxylic acids is 1. The fraction of sp³-hybridized carbons (Fsp3) is 0.588. The Labute approximate surface area is 133 Å². The zero-order chi connectivity index (χ0) is 16.4. The quantitative estimate of drug-likeness (QED) is 0.793. The Balaban J connectivity index is 1.78. The molecule has 0 saturated carbocycles. The van der Waals surface area contributed by atoms with Crippen molar-refractivity contribution in [1.29, 1.82) is 0 Å². The molecule has 1 amide bonds. The summed E-state index contributed by atoms with van der Waals surface area (Å²) in [5.41, 5.74) is -0.794. The Bertz CT molecular complexity index is 659. The molecular formula is C17H19F3N2O. The van der Waals surface area contributed by atoms with E-state index >= 15 is 0 Å². The number of rotatable bonds is 1. The lowest BCUT2D eigenvalue weighted by Crippen LogP contribution is -2.49. The molecule has 1 spiro atoms. The van der Waals surface area contributed by atoms with E-state index in [9.17, 15) is 18.0 Å². The van der Waals surface area contributed by atoms with Crippen LogP contribution in [0, 0.1) is 5.92 Å². The molecule has 124 valence electrons. The molecule has 3 nitrogen and oxygen atoms in total. The van der Waals surface area contributed by atoms with E-state index in [1.807, 2.05) is 0 Å². The van der Waals surface area contributed by atoms with E-state index in [4.69, 9.17) is 0 Å². The van der Waals surface area contributed by atoms with Crippen LogP contribution in [-0.2, 0) is 11.0 Å². The second-order valence-corrected chi connectivity index (χ2v) is 6.94. The monoisotopic (exact) mass is 324 g/mol. The van der Waals surface area contributed by atoms with Crippen LogP contribution in [0.4, 0.5) is 13.2 Å². The van der Waals surface area contributed by atoms with Crippen LogP contribution in [0.15, 0.2) is 24.3 Å². The van der Waals surface area contributed by atoms with Gasteiger partial charge in [-0.25, -0.2) is 0 Å². The second kappa shape index (κ2) is 4.72. The number of carbonyl (C=O) groups is 1. The van der Waals surface area contributed by atoms with Gasteiger partial charge in [0.15, 0.2) is 0 Å². The zero-order valence-corrected chi connectivity index (χ0v) is 12.9. The average Bonchev–Trinajstić information content (AvgIpc) is 3.11. The first-order valence-electron chi connectivity index (χ1n) is 8.04. The number of nitrogens with zero attached hydrogens (tertiary/aromatic N) is 2. The summed E-state index contributed by atoms with van der Waals surface area (Å²) in [6.45, 7) is 1.35. The number of hydrogen-bond donors (Lipinski definition) is 0. The number of hydrogen-bond acceptors (Lipinski definition) is 2. The molecule has 1 aromatic carbocycles. The highest BCUT2D eigenvalue weighted by Crippen LogP contribution is 2.56. The molecule has 0 N–H and O–H groups in total. The lowest BCUT2D eigenvalue weighted by Gasteiger charge is -2.34. The Morgan fingerprint density at radius 3 is 2.74 bits per heavy atom. The van der Waals surface area contributed by atoms with E-state index in [1.165, 1.54) is 6.07 Å². The lowest BCUT2D eigenvalue weighted by atomic mass is 9.85. The first-order chi connectivity index (χ1) is 10.9. The van der Waals surface area contributed by atoms with E-state index < -0.39 is 17.3 Å². The molecule has 1 aromatic rings. The number of halogens is 3.